The van der Waals surface area contributed by atoms with Gasteiger partial charge in [0.05, 0.1) is 6.54 Å². The van der Waals surface area contributed by atoms with E-state index in [1.54, 1.807) is 10.6 Å². The van der Waals surface area contributed by atoms with Crippen LogP contribution in [0, 0.1) is 12.8 Å². The maximum Gasteiger partial charge on any atom is 0.250 e. The van der Waals surface area contributed by atoms with Crippen LogP contribution in [-0.4, -0.2) is 26.9 Å². The number of pyridine rings is 1. The minimum Gasteiger partial charge on any atom is -0.445 e. The molecule has 6 heteroatoms. The number of rotatable bonds is 6. The van der Waals surface area contributed by atoms with Crippen LogP contribution < -0.4 is 5.56 Å². The molecule has 0 N–H and O–H groups in total. The Labute approximate surface area is 153 Å². The summed E-state index contributed by atoms with van der Waals surface area (Å²) >= 11 is 0. The van der Waals surface area contributed by atoms with Gasteiger partial charge in [-0.1, -0.05) is 19.9 Å². The first-order valence-corrected chi connectivity index (χ1v) is 9.35. The molecule has 0 fully saturated rings. The lowest BCUT2D eigenvalue weighted by Crippen LogP contribution is -2.36. The summed E-state index contributed by atoms with van der Waals surface area (Å²) < 4.78 is 7.50. The average Bonchev–Trinajstić information content (AvgIpc) is 3.01. The number of aromatic nitrogens is 2. The number of aryl methyl sites for hydroxylation is 2. The number of hydrogen-bond donors (Lipinski definition) is 0. The van der Waals surface area contributed by atoms with E-state index in [-0.39, 0.29) is 11.5 Å². The summed E-state index contributed by atoms with van der Waals surface area (Å²) in [7, 11) is 0. The molecule has 1 aliphatic rings. The van der Waals surface area contributed by atoms with Gasteiger partial charge in [-0.15, -0.1) is 0 Å². The Morgan fingerprint density at radius 3 is 2.88 bits per heavy atom. The van der Waals surface area contributed by atoms with Crippen molar-refractivity contribution in [1.82, 2.24) is 14.5 Å². The molecule has 1 aliphatic heterocycles. The van der Waals surface area contributed by atoms with Crippen LogP contribution >= 0.6 is 0 Å². The van der Waals surface area contributed by atoms with Crippen molar-refractivity contribution in [3.05, 3.63) is 51.6 Å². The zero-order valence-corrected chi connectivity index (χ0v) is 15.8. The second kappa shape index (κ2) is 7.89. The van der Waals surface area contributed by atoms with Gasteiger partial charge in [-0.3, -0.25) is 9.59 Å². The molecule has 2 aromatic heterocycles. The van der Waals surface area contributed by atoms with Gasteiger partial charge in [-0.25, -0.2) is 4.98 Å². The highest BCUT2D eigenvalue weighted by Gasteiger charge is 2.25. The summed E-state index contributed by atoms with van der Waals surface area (Å²) in [6, 6.07) is 5.15. The Morgan fingerprint density at radius 1 is 1.35 bits per heavy atom. The quantitative estimate of drug-likeness (QED) is 0.797. The summed E-state index contributed by atoms with van der Waals surface area (Å²) in [5.41, 5.74) is 1.69. The minimum atomic E-state index is -0.0648. The van der Waals surface area contributed by atoms with Crippen molar-refractivity contribution in [3.8, 4) is 0 Å². The standard InChI is InChI=1S/C20H27N3O3/c1-14(2)7-8-18-21-16-13-22(11-9-17(16)26-18)19(24)10-12-23-15(3)5-4-6-20(23)25/h4-6,14H,7-13H2,1-3H3. The lowest BCUT2D eigenvalue weighted by atomic mass is 10.1. The highest BCUT2D eigenvalue weighted by molar-refractivity contribution is 5.76. The van der Waals surface area contributed by atoms with Gasteiger partial charge in [0.1, 0.15) is 11.5 Å². The highest BCUT2D eigenvalue weighted by atomic mass is 16.4. The van der Waals surface area contributed by atoms with E-state index in [1.165, 1.54) is 6.07 Å². The Balaban J connectivity index is 1.59. The number of fused-ring (bicyclic) bond motifs is 1. The third-order valence-corrected chi connectivity index (χ3v) is 4.88. The summed E-state index contributed by atoms with van der Waals surface area (Å²) in [5, 5.41) is 0. The molecule has 0 spiro atoms. The monoisotopic (exact) mass is 357 g/mol. The maximum atomic E-state index is 12.6. The fourth-order valence-corrected chi connectivity index (χ4v) is 3.26. The van der Waals surface area contributed by atoms with Gasteiger partial charge in [-0.05, 0) is 25.3 Å². The second-order valence-electron chi connectivity index (χ2n) is 7.38. The van der Waals surface area contributed by atoms with E-state index >= 15 is 0 Å². The third kappa shape index (κ3) is 4.23. The molecule has 1 amide bonds. The van der Waals surface area contributed by atoms with Gasteiger partial charge in [0.15, 0.2) is 5.89 Å². The van der Waals surface area contributed by atoms with Gasteiger partial charge in [0, 0.05) is 44.1 Å². The maximum absolute atomic E-state index is 12.6. The summed E-state index contributed by atoms with van der Waals surface area (Å²) in [6.07, 6.45) is 2.92. The zero-order chi connectivity index (χ0) is 18.7. The van der Waals surface area contributed by atoms with Crippen LogP contribution in [0.4, 0.5) is 0 Å². The molecular formula is C20H27N3O3. The fourth-order valence-electron chi connectivity index (χ4n) is 3.26. The van der Waals surface area contributed by atoms with Crippen molar-refractivity contribution >= 4 is 5.91 Å². The van der Waals surface area contributed by atoms with E-state index in [4.69, 9.17) is 4.42 Å². The molecular weight excluding hydrogens is 330 g/mol. The molecule has 0 saturated heterocycles. The van der Waals surface area contributed by atoms with E-state index < -0.39 is 0 Å². The van der Waals surface area contributed by atoms with Gasteiger partial charge < -0.3 is 13.9 Å². The number of oxazole rings is 1. The summed E-state index contributed by atoms with van der Waals surface area (Å²) in [5.74, 6) is 2.37. The number of amides is 1. The summed E-state index contributed by atoms with van der Waals surface area (Å²) in [4.78, 5) is 30.9. The molecule has 0 radical (unpaired) electrons. The molecule has 140 valence electrons. The first-order valence-electron chi connectivity index (χ1n) is 9.35. The molecule has 2 aromatic rings. The molecule has 3 rings (SSSR count). The van der Waals surface area contributed by atoms with Gasteiger partial charge >= 0.3 is 0 Å². The van der Waals surface area contributed by atoms with Gasteiger partial charge in [0.25, 0.3) is 5.56 Å². The number of carbonyl (C=O) groups excluding carboxylic acids is 1. The Kier molecular flexibility index (Phi) is 5.59. The SMILES string of the molecule is Cc1cccc(=O)n1CCC(=O)N1CCc2oc(CCC(C)C)nc2C1. The number of nitrogens with zero attached hydrogens (tertiary/aromatic N) is 3. The molecule has 0 bridgehead atoms. The molecule has 6 nitrogen and oxygen atoms in total. The molecule has 0 aliphatic carbocycles. The van der Waals surface area contributed by atoms with Crippen LogP contribution in [0.5, 0.6) is 0 Å². The largest absolute Gasteiger partial charge is 0.445 e. The smallest absolute Gasteiger partial charge is 0.250 e. The summed E-state index contributed by atoms with van der Waals surface area (Å²) in [6.45, 7) is 7.81. The normalized spacial score (nSPS) is 13.9. The van der Waals surface area contributed by atoms with Crippen LogP contribution in [0.2, 0.25) is 0 Å². The molecule has 0 atom stereocenters. The molecule has 3 heterocycles. The van der Waals surface area contributed by atoms with Crippen LogP contribution in [0.3, 0.4) is 0 Å². The fraction of sp³-hybridized carbons (Fsp3) is 0.550. The van der Waals surface area contributed by atoms with E-state index in [0.29, 0.717) is 38.4 Å². The molecule has 0 saturated carbocycles. The predicted molar refractivity (Wildman–Crippen MR) is 98.8 cm³/mol. The van der Waals surface area contributed by atoms with E-state index in [2.05, 4.69) is 18.8 Å². The topological polar surface area (TPSA) is 68.3 Å². The van der Waals surface area contributed by atoms with Crippen molar-refractivity contribution < 1.29 is 9.21 Å². The van der Waals surface area contributed by atoms with Gasteiger partial charge in [0.2, 0.25) is 5.91 Å². The Morgan fingerprint density at radius 2 is 2.15 bits per heavy atom. The van der Waals surface area contributed by atoms with Crippen molar-refractivity contribution in [1.29, 1.82) is 0 Å². The molecule has 26 heavy (non-hydrogen) atoms. The lowest BCUT2D eigenvalue weighted by molar-refractivity contribution is -0.132. The predicted octanol–water partition coefficient (Wildman–Crippen LogP) is 2.71. The van der Waals surface area contributed by atoms with Crippen molar-refractivity contribution in [2.75, 3.05) is 6.54 Å². The van der Waals surface area contributed by atoms with Crippen molar-refractivity contribution in [2.45, 2.75) is 59.5 Å². The lowest BCUT2D eigenvalue weighted by Gasteiger charge is -2.25. The van der Waals surface area contributed by atoms with E-state index in [9.17, 15) is 9.59 Å². The first-order chi connectivity index (χ1) is 12.4. The second-order valence-corrected chi connectivity index (χ2v) is 7.38. The van der Waals surface area contributed by atoms with E-state index in [1.807, 2.05) is 17.9 Å². The first kappa shape index (κ1) is 18.4. The number of carbonyl (C=O) groups is 1. The molecule has 0 aromatic carbocycles. The van der Waals surface area contributed by atoms with Crippen molar-refractivity contribution in [3.63, 3.8) is 0 Å². The Bertz CT molecular complexity index is 835. The Hall–Kier alpha value is -2.37. The van der Waals surface area contributed by atoms with Gasteiger partial charge in [-0.2, -0.15) is 0 Å². The highest BCUT2D eigenvalue weighted by Crippen LogP contribution is 2.21. The van der Waals surface area contributed by atoms with Crippen molar-refractivity contribution in [2.24, 2.45) is 5.92 Å². The van der Waals surface area contributed by atoms with E-state index in [0.717, 1.165) is 35.9 Å². The average molecular weight is 357 g/mol. The minimum absolute atomic E-state index is 0.0533. The van der Waals surface area contributed by atoms with Crippen LogP contribution in [0.15, 0.2) is 27.4 Å². The van der Waals surface area contributed by atoms with Crippen LogP contribution in [-0.2, 0) is 30.7 Å². The van der Waals surface area contributed by atoms with Crippen LogP contribution in [0.25, 0.3) is 0 Å². The third-order valence-electron chi connectivity index (χ3n) is 4.88. The molecule has 0 unspecified atom stereocenters. The number of hydrogen-bond acceptors (Lipinski definition) is 4. The zero-order valence-electron chi connectivity index (χ0n) is 15.8. The van der Waals surface area contributed by atoms with Crippen LogP contribution in [0.1, 0.15) is 49.7 Å².